The molecule has 3 aromatic rings. The second kappa shape index (κ2) is 7.08. The van der Waals surface area contributed by atoms with E-state index in [1.807, 2.05) is 6.07 Å². The van der Waals surface area contributed by atoms with E-state index in [1.54, 1.807) is 24.4 Å². The van der Waals surface area contributed by atoms with Gasteiger partial charge in [0.25, 0.3) is 5.91 Å². The van der Waals surface area contributed by atoms with Crippen molar-refractivity contribution in [2.45, 2.75) is 6.61 Å². The van der Waals surface area contributed by atoms with E-state index in [0.717, 1.165) is 22.4 Å². The number of hydrogen-bond donors (Lipinski definition) is 2. The van der Waals surface area contributed by atoms with E-state index in [1.165, 1.54) is 23.5 Å². The predicted octanol–water partition coefficient (Wildman–Crippen LogP) is 3.98. The summed E-state index contributed by atoms with van der Waals surface area (Å²) in [5.41, 5.74) is 2.26. The number of pyridine rings is 1. The van der Waals surface area contributed by atoms with Crippen LogP contribution in [0.4, 0.5) is 11.4 Å². The first-order valence-corrected chi connectivity index (χ1v) is 11.2. The fourth-order valence-corrected chi connectivity index (χ4v) is 4.65. The molecule has 0 saturated carbocycles. The minimum absolute atomic E-state index is 0.266. The van der Waals surface area contributed by atoms with Gasteiger partial charge in [-0.05, 0) is 36.4 Å². The Morgan fingerprint density at radius 1 is 1.25 bits per heavy atom. The average Bonchev–Trinajstić information content (AvgIpc) is 3.04. The Labute approximate surface area is 170 Å². The zero-order chi connectivity index (χ0) is 19.9. The molecule has 144 valence electrons. The van der Waals surface area contributed by atoms with Crippen LogP contribution in [0.3, 0.4) is 0 Å². The van der Waals surface area contributed by atoms with Crippen LogP contribution in [0.1, 0.15) is 15.2 Å². The number of nitrogens with zero attached hydrogens (tertiary/aromatic N) is 1. The molecule has 1 aliphatic heterocycles. The third-order valence-electron chi connectivity index (χ3n) is 3.86. The van der Waals surface area contributed by atoms with Crippen LogP contribution >= 0.6 is 22.9 Å². The highest BCUT2D eigenvalue weighted by atomic mass is 35.5. The Balaban J connectivity index is 1.60. The van der Waals surface area contributed by atoms with E-state index >= 15 is 0 Å². The molecule has 2 N–H and O–H groups in total. The topological polar surface area (TPSA) is 97.4 Å². The van der Waals surface area contributed by atoms with Crippen molar-refractivity contribution in [2.75, 3.05) is 16.3 Å². The largest absolute Gasteiger partial charge is 0.487 e. The van der Waals surface area contributed by atoms with Gasteiger partial charge in [0.15, 0.2) is 0 Å². The number of thiophene rings is 1. The average molecular weight is 436 g/mol. The molecule has 0 aliphatic carbocycles. The van der Waals surface area contributed by atoms with Crippen LogP contribution in [0.2, 0.25) is 5.02 Å². The lowest BCUT2D eigenvalue weighted by Crippen LogP contribution is -2.12. The number of rotatable bonds is 4. The first kappa shape index (κ1) is 18.7. The summed E-state index contributed by atoms with van der Waals surface area (Å²) in [7, 11) is -3.46. The van der Waals surface area contributed by atoms with E-state index in [2.05, 4.69) is 15.0 Å². The Bertz CT molecular complexity index is 1190. The lowest BCUT2D eigenvalue weighted by Gasteiger charge is -2.15. The molecule has 1 aliphatic rings. The molecule has 0 saturated heterocycles. The third kappa shape index (κ3) is 3.96. The molecule has 4 rings (SSSR count). The number of anilines is 2. The molecule has 0 atom stereocenters. The van der Waals surface area contributed by atoms with Crippen LogP contribution in [-0.4, -0.2) is 25.6 Å². The van der Waals surface area contributed by atoms with Gasteiger partial charge in [-0.2, -0.15) is 0 Å². The Kier molecular flexibility index (Phi) is 4.74. The number of ether oxygens (including phenoxy) is 1. The number of aromatic nitrogens is 1. The predicted molar refractivity (Wildman–Crippen MR) is 110 cm³/mol. The lowest BCUT2D eigenvalue weighted by molar-refractivity contribution is 0.103. The maximum Gasteiger partial charge on any atom is 0.265 e. The van der Waals surface area contributed by atoms with Crippen molar-refractivity contribution < 1.29 is 17.9 Å². The highest BCUT2D eigenvalue weighted by molar-refractivity contribution is 7.92. The number of halogens is 1. The SMILES string of the molecule is CS(=O)(=O)Nc1cc(Cl)cc(NC(=O)c2cc3c(s2)-c2ncccc2OC3)c1. The maximum absolute atomic E-state index is 12.7. The van der Waals surface area contributed by atoms with Gasteiger partial charge in [0, 0.05) is 22.5 Å². The van der Waals surface area contributed by atoms with E-state index in [9.17, 15) is 13.2 Å². The van der Waals surface area contributed by atoms with Crippen LogP contribution in [0, 0.1) is 0 Å². The van der Waals surface area contributed by atoms with E-state index in [-0.39, 0.29) is 11.6 Å². The highest BCUT2D eigenvalue weighted by Crippen LogP contribution is 2.41. The summed E-state index contributed by atoms with van der Waals surface area (Å²) >= 11 is 7.36. The van der Waals surface area contributed by atoms with Gasteiger partial charge < -0.3 is 10.1 Å². The maximum atomic E-state index is 12.7. The number of sulfonamides is 1. The van der Waals surface area contributed by atoms with Crippen molar-refractivity contribution in [3.63, 3.8) is 0 Å². The minimum Gasteiger partial charge on any atom is -0.487 e. The van der Waals surface area contributed by atoms with Crippen LogP contribution in [-0.2, 0) is 16.6 Å². The van der Waals surface area contributed by atoms with Gasteiger partial charge in [0.1, 0.15) is 18.1 Å². The Morgan fingerprint density at radius 3 is 2.82 bits per heavy atom. The van der Waals surface area contributed by atoms with Gasteiger partial charge in [0.05, 0.1) is 21.7 Å². The highest BCUT2D eigenvalue weighted by Gasteiger charge is 2.23. The van der Waals surface area contributed by atoms with E-state index < -0.39 is 10.0 Å². The summed E-state index contributed by atoms with van der Waals surface area (Å²) in [5.74, 6) is 0.361. The van der Waals surface area contributed by atoms with E-state index in [0.29, 0.717) is 27.9 Å². The minimum atomic E-state index is -3.46. The smallest absolute Gasteiger partial charge is 0.265 e. The number of benzene rings is 1. The van der Waals surface area contributed by atoms with Crippen molar-refractivity contribution >= 4 is 50.2 Å². The van der Waals surface area contributed by atoms with Crippen LogP contribution in [0.15, 0.2) is 42.6 Å². The fraction of sp³-hybridized carbons (Fsp3) is 0.111. The summed E-state index contributed by atoms with van der Waals surface area (Å²) in [6.45, 7) is 0.372. The molecule has 0 spiro atoms. The molecule has 1 aromatic carbocycles. The van der Waals surface area contributed by atoms with Crippen molar-refractivity contribution in [1.82, 2.24) is 4.98 Å². The number of hydrogen-bond acceptors (Lipinski definition) is 6. The van der Waals surface area contributed by atoms with Crippen molar-refractivity contribution in [1.29, 1.82) is 0 Å². The summed E-state index contributed by atoms with van der Waals surface area (Å²) in [6.07, 6.45) is 2.72. The zero-order valence-corrected chi connectivity index (χ0v) is 16.9. The second-order valence-corrected chi connectivity index (χ2v) is 9.40. The molecule has 0 unspecified atom stereocenters. The summed E-state index contributed by atoms with van der Waals surface area (Å²) in [6, 6.07) is 9.91. The summed E-state index contributed by atoms with van der Waals surface area (Å²) in [5, 5.41) is 3.04. The Hall–Kier alpha value is -2.62. The standard InChI is InChI=1S/C18H14ClN3O4S2/c1-28(24,25)22-13-7-11(19)6-12(8-13)21-18(23)15-5-10-9-26-14-3-2-4-20-16(14)17(10)27-15/h2-8,22H,9H2,1H3,(H,21,23). The first-order valence-electron chi connectivity index (χ1n) is 8.09. The molecule has 1 amide bonds. The molecule has 28 heavy (non-hydrogen) atoms. The van der Waals surface area contributed by atoms with Gasteiger partial charge in [-0.3, -0.25) is 14.5 Å². The number of carbonyl (C=O) groups is 1. The zero-order valence-electron chi connectivity index (χ0n) is 14.5. The van der Waals surface area contributed by atoms with Crippen molar-refractivity contribution in [3.8, 4) is 16.3 Å². The number of amides is 1. The second-order valence-electron chi connectivity index (χ2n) is 6.16. The van der Waals surface area contributed by atoms with Crippen LogP contribution < -0.4 is 14.8 Å². The summed E-state index contributed by atoms with van der Waals surface area (Å²) in [4.78, 5) is 18.4. The van der Waals surface area contributed by atoms with Crippen LogP contribution in [0.25, 0.3) is 10.6 Å². The van der Waals surface area contributed by atoms with Crippen molar-refractivity contribution in [3.05, 3.63) is 58.1 Å². The van der Waals surface area contributed by atoms with Gasteiger partial charge in [0.2, 0.25) is 10.0 Å². The number of carbonyl (C=O) groups excluding carboxylic acids is 1. The molecule has 7 nitrogen and oxygen atoms in total. The van der Waals surface area contributed by atoms with Gasteiger partial charge >= 0.3 is 0 Å². The molecular formula is C18H14ClN3O4S2. The molecule has 2 aromatic heterocycles. The first-order chi connectivity index (χ1) is 13.3. The molecule has 0 radical (unpaired) electrons. The quantitative estimate of drug-likeness (QED) is 0.646. The molecular weight excluding hydrogens is 422 g/mol. The van der Waals surface area contributed by atoms with Gasteiger partial charge in [-0.15, -0.1) is 11.3 Å². The molecule has 10 heteroatoms. The van der Waals surface area contributed by atoms with Crippen LogP contribution in [0.5, 0.6) is 5.75 Å². The summed E-state index contributed by atoms with van der Waals surface area (Å²) < 4.78 is 30.9. The monoisotopic (exact) mass is 435 g/mol. The lowest BCUT2D eigenvalue weighted by atomic mass is 10.1. The fourth-order valence-electron chi connectivity index (χ4n) is 2.81. The number of fused-ring (bicyclic) bond motifs is 3. The van der Waals surface area contributed by atoms with E-state index in [4.69, 9.17) is 16.3 Å². The number of nitrogens with one attached hydrogen (secondary N) is 2. The van der Waals surface area contributed by atoms with Gasteiger partial charge in [-0.25, -0.2) is 8.42 Å². The van der Waals surface area contributed by atoms with Crippen molar-refractivity contribution in [2.24, 2.45) is 0 Å². The molecule has 0 bridgehead atoms. The third-order valence-corrected chi connectivity index (χ3v) is 5.87. The molecule has 0 fully saturated rings. The molecule has 3 heterocycles. The Morgan fingerprint density at radius 2 is 2.04 bits per heavy atom. The van der Waals surface area contributed by atoms with Gasteiger partial charge in [-0.1, -0.05) is 11.6 Å². The normalized spacial score (nSPS) is 12.5.